The monoisotopic (exact) mass is 428 g/mol. The van der Waals surface area contributed by atoms with E-state index in [1.807, 2.05) is 48.5 Å². The molecule has 1 N–H and O–H groups in total. The number of nitrogens with one attached hydrogen (secondary N) is 1. The molecule has 0 saturated heterocycles. The second kappa shape index (κ2) is 9.79. The first-order valence-electron chi connectivity index (χ1n) is 8.81. The smallest absolute Gasteiger partial charge is 0.190 e. The number of hydrogen-bond acceptors (Lipinski definition) is 5. The molecule has 3 aromatic rings. The van der Waals surface area contributed by atoms with Gasteiger partial charge >= 0.3 is 0 Å². The Kier molecular flexibility index (Phi) is 7.16. The van der Waals surface area contributed by atoms with Gasteiger partial charge in [0.2, 0.25) is 0 Å². The zero-order valence-electron chi connectivity index (χ0n) is 15.2. The van der Waals surface area contributed by atoms with Gasteiger partial charge in [-0.1, -0.05) is 78.3 Å². The molecule has 0 radical (unpaired) electrons. The first-order chi connectivity index (χ1) is 13.6. The first-order valence-corrected chi connectivity index (χ1v) is 10.5. The molecule has 0 aliphatic heterocycles. The van der Waals surface area contributed by atoms with Gasteiger partial charge in [0.1, 0.15) is 17.5 Å². The predicted octanol–water partition coefficient (Wildman–Crippen LogP) is 6.44. The van der Waals surface area contributed by atoms with E-state index in [1.54, 1.807) is 0 Å². The van der Waals surface area contributed by atoms with E-state index in [4.69, 9.17) is 23.2 Å². The molecule has 0 unspecified atom stereocenters. The third kappa shape index (κ3) is 4.77. The van der Waals surface area contributed by atoms with Gasteiger partial charge in [-0.15, -0.1) is 0 Å². The normalized spacial score (nSPS) is 10.5. The van der Waals surface area contributed by atoms with Crippen molar-refractivity contribution in [1.29, 1.82) is 5.26 Å². The molecule has 0 saturated carbocycles. The standard InChI is InChI=1S/C21H18Cl2N4S/c1-2-11-25-20-15(12-24)19(14-7-4-3-5-8-14)26-21(27-20)28-13-16-17(22)9-6-10-18(16)23/h3-10H,2,11,13H2,1H3,(H,25,26,27). The highest BCUT2D eigenvalue weighted by Gasteiger charge is 2.17. The van der Waals surface area contributed by atoms with Crippen molar-refractivity contribution in [2.75, 3.05) is 11.9 Å². The molecule has 0 fully saturated rings. The minimum absolute atomic E-state index is 0.444. The van der Waals surface area contributed by atoms with Crippen molar-refractivity contribution < 1.29 is 0 Å². The van der Waals surface area contributed by atoms with E-state index < -0.39 is 0 Å². The summed E-state index contributed by atoms with van der Waals surface area (Å²) in [7, 11) is 0. The number of aromatic nitrogens is 2. The Morgan fingerprint density at radius 1 is 1.04 bits per heavy atom. The molecular weight excluding hydrogens is 411 g/mol. The second-order valence-corrected chi connectivity index (χ2v) is 7.73. The van der Waals surface area contributed by atoms with Crippen LogP contribution in [0.1, 0.15) is 24.5 Å². The predicted molar refractivity (Wildman–Crippen MR) is 117 cm³/mol. The number of rotatable bonds is 7. The third-order valence-electron chi connectivity index (χ3n) is 4.00. The maximum atomic E-state index is 9.72. The van der Waals surface area contributed by atoms with Crippen LogP contribution < -0.4 is 5.32 Å². The molecule has 3 rings (SSSR count). The molecule has 1 heterocycles. The summed E-state index contributed by atoms with van der Waals surface area (Å²) in [5, 5.41) is 14.8. The quantitative estimate of drug-likeness (QED) is 0.346. The van der Waals surface area contributed by atoms with Crippen LogP contribution in [0.2, 0.25) is 10.0 Å². The van der Waals surface area contributed by atoms with Gasteiger partial charge in [0.15, 0.2) is 5.16 Å². The van der Waals surface area contributed by atoms with E-state index in [1.165, 1.54) is 11.8 Å². The molecule has 0 spiro atoms. The summed E-state index contributed by atoms with van der Waals surface area (Å²) >= 11 is 14.0. The number of benzene rings is 2. The first kappa shape index (κ1) is 20.5. The Labute approximate surface area is 178 Å². The van der Waals surface area contributed by atoms with E-state index in [-0.39, 0.29) is 0 Å². The van der Waals surface area contributed by atoms with Crippen LogP contribution in [-0.2, 0) is 5.75 Å². The topological polar surface area (TPSA) is 61.6 Å². The average molecular weight is 429 g/mol. The van der Waals surface area contributed by atoms with Gasteiger partial charge in [0.05, 0.1) is 5.69 Å². The molecular formula is C21H18Cl2N4S. The number of halogens is 2. The number of hydrogen-bond donors (Lipinski definition) is 1. The Hall–Kier alpha value is -2.26. The third-order valence-corrected chi connectivity index (χ3v) is 5.58. The van der Waals surface area contributed by atoms with E-state index in [0.29, 0.717) is 38.0 Å². The molecule has 0 bridgehead atoms. The molecule has 28 heavy (non-hydrogen) atoms. The second-order valence-electron chi connectivity index (χ2n) is 5.97. The Morgan fingerprint density at radius 2 is 1.75 bits per heavy atom. The molecule has 4 nitrogen and oxygen atoms in total. The molecule has 1 aromatic heterocycles. The number of anilines is 1. The fourth-order valence-electron chi connectivity index (χ4n) is 2.59. The molecule has 7 heteroatoms. The fraction of sp³-hybridized carbons (Fsp3) is 0.190. The van der Waals surface area contributed by atoms with Crippen LogP contribution in [0, 0.1) is 11.3 Å². The molecule has 0 amide bonds. The minimum Gasteiger partial charge on any atom is -0.369 e. The van der Waals surface area contributed by atoms with Crippen molar-refractivity contribution in [3.05, 3.63) is 69.7 Å². The van der Waals surface area contributed by atoms with Gasteiger partial charge in [0.25, 0.3) is 0 Å². The van der Waals surface area contributed by atoms with Gasteiger partial charge in [0, 0.05) is 27.9 Å². The van der Waals surface area contributed by atoms with Crippen molar-refractivity contribution in [3.8, 4) is 17.3 Å². The lowest BCUT2D eigenvalue weighted by Gasteiger charge is -2.13. The Bertz CT molecular complexity index is 983. The zero-order chi connectivity index (χ0) is 19.9. The highest BCUT2D eigenvalue weighted by atomic mass is 35.5. The maximum Gasteiger partial charge on any atom is 0.190 e. The average Bonchev–Trinajstić information content (AvgIpc) is 2.72. The molecule has 0 atom stereocenters. The molecule has 2 aromatic carbocycles. The summed E-state index contributed by atoms with van der Waals surface area (Å²) in [6.45, 7) is 2.79. The molecule has 142 valence electrons. The van der Waals surface area contributed by atoms with E-state index >= 15 is 0 Å². The highest BCUT2D eigenvalue weighted by Crippen LogP contribution is 2.33. The van der Waals surface area contributed by atoms with Gasteiger partial charge in [-0.3, -0.25) is 0 Å². The van der Waals surface area contributed by atoms with Gasteiger partial charge < -0.3 is 5.32 Å². The number of nitrogens with zero attached hydrogens (tertiary/aromatic N) is 3. The number of thioether (sulfide) groups is 1. The van der Waals surface area contributed by atoms with Crippen LogP contribution in [0.25, 0.3) is 11.3 Å². The summed E-state index contributed by atoms with van der Waals surface area (Å²) in [5.41, 5.74) is 2.77. The van der Waals surface area contributed by atoms with E-state index in [9.17, 15) is 5.26 Å². The van der Waals surface area contributed by atoms with E-state index in [0.717, 1.165) is 24.1 Å². The Balaban J connectivity index is 2.00. The lowest BCUT2D eigenvalue weighted by Crippen LogP contribution is -2.08. The van der Waals surface area contributed by atoms with Crippen molar-refractivity contribution in [2.45, 2.75) is 24.3 Å². The summed E-state index contributed by atoms with van der Waals surface area (Å²) < 4.78 is 0. The van der Waals surface area contributed by atoms with Crippen molar-refractivity contribution in [1.82, 2.24) is 9.97 Å². The van der Waals surface area contributed by atoms with Crippen molar-refractivity contribution >= 4 is 40.8 Å². The van der Waals surface area contributed by atoms with Crippen molar-refractivity contribution in [2.24, 2.45) is 0 Å². The van der Waals surface area contributed by atoms with E-state index in [2.05, 4.69) is 28.3 Å². The highest BCUT2D eigenvalue weighted by molar-refractivity contribution is 7.98. The summed E-state index contributed by atoms with van der Waals surface area (Å²) in [6, 6.07) is 17.3. The minimum atomic E-state index is 0.444. The van der Waals surface area contributed by atoms with Crippen LogP contribution in [0.4, 0.5) is 5.82 Å². The molecule has 0 aliphatic rings. The number of nitriles is 1. The van der Waals surface area contributed by atoms with Crippen LogP contribution in [0.3, 0.4) is 0 Å². The van der Waals surface area contributed by atoms with Crippen LogP contribution in [0.15, 0.2) is 53.7 Å². The summed E-state index contributed by atoms with van der Waals surface area (Å²) in [5.74, 6) is 1.08. The SMILES string of the molecule is CCCNc1nc(SCc2c(Cl)cccc2Cl)nc(-c2ccccc2)c1C#N. The van der Waals surface area contributed by atoms with Gasteiger partial charge in [-0.05, 0) is 24.1 Å². The Morgan fingerprint density at radius 3 is 2.39 bits per heavy atom. The fourth-order valence-corrected chi connectivity index (χ4v) is 4.18. The van der Waals surface area contributed by atoms with Crippen molar-refractivity contribution in [3.63, 3.8) is 0 Å². The lowest BCUT2D eigenvalue weighted by molar-refractivity contribution is 0.924. The van der Waals surface area contributed by atoms with Crippen LogP contribution >= 0.6 is 35.0 Å². The van der Waals surface area contributed by atoms with Gasteiger partial charge in [-0.2, -0.15) is 5.26 Å². The van der Waals surface area contributed by atoms with Gasteiger partial charge in [-0.25, -0.2) is 9.97 Å². The van der Waals surface area contributed by atoms with Crippen LogP contribution in [-0.4, -0.2) is 16.5 Å². The lowest BCUT2D eigenvalue weighted by atomic mass is 10.1. The largest absolute Gasteiger partial charge is 0.369 e. The molecule has 0 aliphatic carbocycles. The maximum absolute atomic E-state index is 9.72. The summed E-state index contributed by atoms with van der Waals surface area (Å²) in [4.78, 5) is 9.23. The summed E-state index contributed by atoms with van der Waals surface area (Å²) in [6.07, 6.45) is 0.924. The zero-order valence-corrected chi connectivity index (χ0v) is 17.6. The van der Waals surface area contributed by atoms with Crippen LogP contribution in [0.5, 0.6) is 0 Å².